The number of benzene rings is 2. The number of sulfone groups is 1. The third kappa shape index (κ3) is 6.05. The maximum absolute atomic E-state index is 13.0. The summed E-state index contributed by atoms with van der Waals surface area (Å²) in [6.45, 7) is 0. The van der Waals surface area contributed by atoms with Crippen molar-refractivity contribution in [3.63, 3.8) is 0 Å². The number of hydrogen-bond acceptors (Lipinski definition) is 4. The summed E-state index contributed by atoms with van der Waals surface area (Å²) in [5, 5.41) is 1.11. The second kappa shape index (κ2) is 10.0. The van der Waals surface area contributed by atoms with Crippen molar-refractivity contribution in [2.75, 3.05) is 14.2 Å². The molecule has 5 nitrogen and oxygen atoms in total. The summed E-state index contributed by atoms with van der Waals surface area (Å²) < 4.78 is 26.0. The maximum Gasteiger partial charge on any atom is 0.246 e. The Hall–Kier alpha value is -2.44. The third-order valence-electron chi connectivity index (χ3n) is 4.26. The smallest absolute Gasteiger partial charge is 0.246 e. The van der Waals surface area contributed by atoms with Crippen molar-refractivity contribution >= 4 is 15.7 Å². The van der Waals surface area contributed by atoms with Crippen molar-refractivity contribution < 1.29 is 18.0 Å². The van der Waals surface area contributed by atoms with Crippen LogP contribution in [0, 0.1) is 0 Å². The van der Waals surface area contributed by atoms with Gasteiger partial charge in [0.05, 0.1) is 12.0 Å². The molecule has 0 saturated carbocycles. The summed E-state index contributed by atoms with van der Waals surface area (Å²) in [7, 11) is -0.729. The molecule has 1 amide bonds. The molecule has 0 fully saturated rings. The Bertz CT molecular complexity index is 862. The normalized spacial score (nSPS) is 12.0. The molecule has 27 heavy (non-hydrogen) atoms. The first kappa shape index (κ1) is 20.9. The van der Waals surface area contributed by atoms with Crippen LogP contribution in [0.4, 0.5) is 0 Å². The van der Waals surface area contributed by atoms with Crippen LogP contribution in [-0.2, 0) is 25.9 Å². The van der Waals surface area contributed by atoms with Crippen LogP contribution in [-0.4, -0.2) is 33.5 Å². The average molecular weight is 388 g/mol. The second-order valence-electron chi connectivity index (χ2n) is 6.08. The van der Waals surface area contributed by atoms with Crippen LogP contribution >= 0.6 is 0 Å². The zero-order valence-electron chi connectivity index (χ0n) is 15.7. The Morgan fingerprint density at radius 2 is 1.59 bits per heavy atom. The standard InChI is InChI=1S/C21H25NO4S/c1-22(26-2)21(23)17-16-20(15-9-12-18-10-5-3-6-11-18)27(24,25)19-13-7-4-8-14-19/h3-8,10-11,13-15H,9,12,16-17H2,1-2H3/b20-15+. The number of rotatable bonds is 9. The Morgan fingerprint density at radius 3 is 2.19 bits per heavy atom. The maximum atomic E-state index is 13.0. The highest BCUT2D eigenvalue weighted by molar-refractivity contribution is 7.95. The van der Waals surface area contributed by atoms with Crippen molar-refractivity contribution in [2.24, 2.45) is 0 Å². The molecule has 0 aliphatic carbocycles. The predicted octanol–water partition coefficient (Wildman–Crippen LogP) is 3.78. The zero-order chi connectivity index (χ0) is 19.7. The highest BCUT2D eigenvalue weighted by Gasteiger charge is 2.21. The lowest BCUT2D eigenvalue weighted by atomic mass is 10.1. The van der Waals surface area contributed by atoms with Crippen molar-refractivity contribution in [3.8, 4) is 0 Å². The molecular formula is C21H25NO4S. The quantitative estimate of drug-likeness (QED) is 0.614. The van der Waals surface area contributed by atoms with Gasteiger partial charge in [-0.15, -0.1) is 0 Å². The highest BCUT2D eigenvalue weighted by Crippen LogP contribution is 2.24. The van der Waals surface area contributed by atoms with Crippen LogP contribution in [0.3, 0.4) is 0 Å². The number of carbonyl (C=O) groups excluding carboxylic acids is 1. The van der Waals surface area contributed by atoms with Gasteiger partial charge in [0, 0.05) is 18.4 Å². The van der Waals surface area contributed by atoms with Gasteiger partial charge in [-0.1, -0.05) is 54.6 Å². The molecule has 0 N–H and O–H groups in total. The molecule has 144 valence electrons. The van der Waals surface area contributed by atoms with Gasteiger partial charge in [-0.3, -0.25) is 9.63 Å². The lowest BCUT2D eigenvalue weighted by Crippen LogP contribution is -2.25. The molecule has 0 radical (unpaired) electrons. The number of allylic oxidation sites excluding steroid dienone is 2. The number of carbonyl (C=O) groups is 1. The summed E-state index contributed by atoms with van der Waals surface area (Å²) >= 11 is 0. The van der Waals surface area contributed by atoms with Gasteiger partial charge < -0.3 is 0 Å². The predicted molar refractivity (Wildman–Crippen MR) is 105 cm³/mol. The van der Waals surface area contributed by atoms with Crippen LogP contribution in [0.5, 0.6) is 0 Å². The van der Waals surface area contributed by atoms with Crippen LogP contribution in [0.15, 0.2) is 76.5 Å². The first-order chi connectivity index (χ1) is 12.9. The minimum atomic E-state index is -3.63. The van der Waals surface area contributed by atoms with Crippen LogP contribution in [0.25, 0.3) is 0 Å². The number of amides is 1. The molecule has 0 saturated heterocycles. The molecule has 0 atom stereocenters. The van der Waals surface area contributed by atoms with Gasteiger partial charge in [0.15, 0.2) is 0 Å². The van der Waals surface area contributed by atoms with Gasteiger partial charge >= 0.3 is 0 Å². The topological polar surface area (TPSA) is 63.7 Å². The van der Waals surface area contributed by atoms with E-state index in [1.807, 2.05) is 30.3 Å². The zero-order valence-corrected chi connectivity index (χ0v) is 16.5. The first-order valence-corrected chi connectivity index (χ1v) is 10.3. The molecule has 0 bridgehead atoms. The Morgan fingerprint density at radius 1 is 1.00 bits per heavy atom. The third-order valence-corrected chi connectivity index (χ3v) is 6.21. The van der Waals surface area contributed by atoms with E-state index in [0.29, 0.717) is 6.42 Å². The molecule has 0 aromatic heterocycles. The Kier molecular flexibility index (Phi) is 7.76. The van der Waals surface area contributed by atoms with E-state index in [1.54, 1.807) is 36.4 Å². The fraction of sp³-hybridized carbons (Fsp3) is 0.286. The van der Waals surface area contributed by atoms with E-state index in [4.69, 9.17) is 4.84 Å². The molecule has 0 aliphatic rings. The summed E-state index contributed by atoms with van der Waals surface area (Å²) in [5.74, 6) is -0.269. The molecule has 0 spiro atoms. The molecule has 2 aromatic rings. The summed E-state index contributed by atoms with van der Waals surface area (Å²) in [4.78, 5) is 17.4. The highest BCUT2D eigenvalue weighted by atomic mass is 32.2. The molecule has 2 rings (SSSR count). The largest absolute Gasteiger partial charge is 0.275 e. The number of hydrogen-bond donors (Lipinski definition) is 0. The molecule has 6 heteroatoms. The SMILES string of the molecule is CON(C)C(=O)CC/C(=C\CCc1ccccc1)S(=O)(=O)c1ccccc1. The van der Waals surface area contributed by atoms with Crippen molar-refractivity contribution in [2.45, 2.75) is 30.6 Å². The molecule has 2 aromatic carbocycles. The van der Waals surface area contributed by atoms with E-state index in [2.05, 4.69) is 0 Å². The van der Waals surface area contributed by atoms with E-state index < -0.39 is 9.84 Å². The van der Waals surface area contributed by atoms with Crippen molar-refractivity contribution in [3.05, 3.63) is 77.2 Å². The van der Waals surface area contributed by atoms with E-state index in [9.17, 15) is 13.2 Å². The number of aryl methyl sites for hydroxylation is 1. The van der Waals surface area contributed by atoms with E-state index in [-0.39, 0.29) is 28.5 Å². The van der Waals surface area contributed by atoms with E-state index in [1.165, 1.54) is 14.2 Å². The fourth-order valence-corrected chi connectivity index (χ4v) is 4.16. The lowest BCUT2D eigenvalue weighted by molar-refractivity contribution is -0.168. The minimum absolute atomic E-state index is 0.0631. The van der Waals surface area contributed by atoms with Crippen LogP contribution < -0.4 is 0 Å². The van der Waals surface area contributed by atoms with Crippen molar-refractivity contribution in [1.82, 2.24) is 5.06 Å². The van der Waals surface area contributed by atoms with E-state index >= 15 is 0 Å². The minimum Gasteiger partial charge on any atom is -0.275 e. The number of nitrogens with zero attached hydrogens (tertiary/aromatic N) is 1. The average Bonchev–Trinajstić information content (AvgIpc) is 2.70. The van der Waals surface area contributed by atoms with Crippen molar-refractivity contribution in [1.29, 1.82) is 0 Å². The van der Waals surface area contributed by atoms with Gasteiger partial charge in [0.1, 0.15) is 0 Å². The monoisotopic (exact) mass is 387 g/mol. The van der Waals surface area contributed by atoms with Crippen LogP contribution in [0.1, 0.15) is 24.8 Å². The summed E-state index contributed by atoms with van der Waals surface area (Å²) in [5.41, 5.74) is 1.14. The summed E-state index contributed by atoms with van der Waals surface area (Å²) in [6.07, 6.45) is 3.25. The van der Waals surface area contributed by atoms with Crippen LogP contribution in [0.2, 0.25) is 0 Å². The molecule has 0 heterocycles. The van der Waals surface area contributed by atoms with E-state index in [0.717, 1.165) is 17.0 Å². The van der Waals surface area contributed by atoms with Gasteiger partial charge in [-0.05, 0) is 37.0 Å². The van der Waals surface area contributed by atoms with Gasteiger partial charge in [-0.2, -0.15) is 0 Å². The van der Waals surface area contributed by atoms with Gasteiger partial charge in [0.25, 0.3) is 0 Å². The molecule has 0 aliphatic heterocycles. The van der Waals surface area contributed by atoms with Gasteiger partial charge in [0.2, 0.25) is 15.7 Å². The fourth-order valence-electron chi connectivity index (χ4n) is 2.63. The lowest BCUT2D eigenvalue weighted by Gasteiger charge is -2.15. The summed E-state index contributed by atoms with van der Waals surface area (Å²) in [6, 6.07) is 18.2. The number of hydroxylamine groups is 2. The molecular weight excluding hydrogens is 362 g/mol. The Balaban J connectivity index is 2.19. The second-order valence-corrected chi connectivity index (χ2v) is 8.09. The first-order valence-electron chi connectivity index (χ1n) is 8.79. The van der Waals surface area contributed by atoms with Gasteiger partial charge in [-0.25, -0.2) is 13.5 Å². The molecule has 0 unspecified atom stereocenters. The Labute approximate surface area is 161 Å².